The van der Waals surface area contributed by atoms with Crippen molar-refractivity contribution in [2.75, 3.05) is 6.61 Å². The van der Waals surface area contributed by atoms with Gasteiger partial charge < -0.3 is 10.1 Å². The van der Waals surface area contributed by atoms with Crippen LogP contribution in [0, 0.1) is 23.4 Å². The SMILES string of the molecule is CCOC(=O)CC1C(=O)NC(c2ccc(F)cc2)(c2ccc(F)cc2)C1c1ccccc1F. The fourth-order valence-corrected chi connectivity index (χ4v) is 4.70. The zero-order valence-electron chi connectivity index (χ0n) is 17.9. The second kappa shape index (κ2) is 9.10. The Morgan fingerprint density at radius 1 is 0.909 bits per heavy atom. The highest BCUT2D eigenvalue weighted by Crippen LogP contribution is 2.52. The normalized spacial score (nSPS) is 19.2. The van der Waals surface area contributed by atoms with Crippen LogP contribution in [-0.2, 0) is 19.9 Å². The van der Waals surface area contributed by atoms with Crippen LogP contribution in [0.25, 0.3) is 0 Å². The van der Waals surface area contributed by atoms with Crippen LogP contribution < -0.4 is 5.32 Å². The minimum atomic E-state index is -1.38. The van der Waals surface area contributed by atoms with E-state index in [2.05, 4.69) is 5.32 Å². The summed E-state index contributed by atoms with van der Waals surface area (Å²) in [6.45, 7) is 1.79. The lowest BCUT2D eigenvalue weighted by Gasteiger charge is -2.38. The Balaban J connectivity index is 1.99. The number of amides is 1. The lowest BCUT2D eigenvalue weighted by atomic mass is 9.67. The molecule has 0 spiro atoms. The maximum Gasteiger partial charge on any atom is 0.306 e. The third kappa shape index (κ3) is 4.11. The number of benzene rings is 3. The van der Waals surface area contributed by atoms with Crippen LogP contribution in [0.2, 0.25) is 0 Å². The number of carbonyl (C=O) groups excluding carboxylic acids is 2. The predicted molar refractivity (Wildman–Crippen MR) is 116 cm³/mol. The van der Waals surface area contributed by atoms with Crippen LogP contribution in [0.4, 0.5) is 13.2 Å². The number of esters is 1. The first-order valence-electron chi connectivity index (χ1n) is 10.6. The van der Waals surface area contributed by atoms with Gasteiger partial charge in [-0.2, -0.15) is 0 Å². The van der Waals surface area contributed by atoms with Crippen molar-refractivity contribution in [2.45, 2.75) is 24.8 Å². The summed E-state index contributed by atoms with van der Waals surface area (Å²) in [5.74, 6) is -4.47. The van der Waals surface area contributed by atoms with E-state index in [0.717, 1.165) is 0 Å². The van der Waals surface area contributed by atoms with E-state index in [1.165, 1.54) is 60.7 Å². The smallest absolute Gasteiger partial charge is 0.306 e. The Morgan fingerprint density at radius 3 is 1.97 bits per heavy atom. The second-order valence-corrected chi connectivity index (χ2v) is 7.93. The Kier molecular flexibility index (Phi) is 6.22. The maximum atomic E-state index is 15.2. The van der Waals surface area contributed by atoms with Gasteiger partial charge in [-0.25, -0.2) is 13.2 Å². The van der Waals surface area contributed by atoms with Crippen LogP contribution in [0.15, 0.2) is 72.8 Å². The summed E-state index contributed by atoms with van der Waals surface area (Å²) in [6.07, 6.45) is -0.275. The van der Waals surface area contributed by atoms with Gasteiger partial charge in [-0.05, 0) is 53.9 Å². The topological polar surface area (TPSA) is 55.4 Å². The van der Waals surface area contributed by atoms with Crippen LogP contribution in [0.1, 0.15) is 36.0 Å². The predicted octanol–water partition coefficient (Wildman–Crippen LogP) is 4.83. The van der Waals surface area contributed by atoms with E-state index in [1.54, 1.807) is 19.1 Å². The van der Waals surface area contributed by atoms with Crippen LogP contribution in [0.3, 0.4) is 0 Å². The number of nitrogens with one attached hydrogen (secondary N) is 1. The van der Waals surface area contributed by atoms with Gasteiger partial charge in [-0.15, -0.1) is 0 Å². The molecule has 0 bridgehead atoms. The van der Waals surface area contributed by atoms with Gasteiger partial charge in [-0.1, -0.05) is 42.5 Å². The highest BCUT2D eigenvalue weighted by Gasteiger charge is 2.56. The van der Waals surface area contributed by atoms with Crippen molar-refractivity contribution in [3.63, 3.8) is 0 Å². The van der Waals surface area contributed by atoms with E-state index in [-0.39, 0.29) is 18.6 Å². The quantitative estimate of drug-likeness (QED) is 0.544. The first-order valence-corrected chi connectivity index (χ1v) is 10.6. The third-order valence-electron chi connectivity index (χ3n) is 6.06. The molecule has 4 nitrogen and oxygen atoms in total. The van der Waals surface area contributed by atoms with E-state index in [0.29, 0.717) is 11.1 Å². The van der Waals surface area contributed by atoms with Gasteiger partial charge in [0.05, 0.1) is 24.5 Å². The molecule has 2 atom stereocenters. The molecule has 4 rings (SSSR count). The molecule has 3 aromatic carbocycles. The summed E-state index contributed by atoms with van der Waals surface area (Å²) in [7, 11) is 0. The van der Waals surface area contributed by atoms with Gasteiger partial charge in [0.2, 0.25) is 5.91 Å². The van der Waals surface area contributed by atoms with Crippen molar-refractivity contribution in [3.05, 3.63) is 107 Å². The lowest BCUT2D eigenvalue weighted by Crippen LogP contribution is -2.43. The molecule has 1 amide bonds. The molecule has 3 aromatic rings. The highest BCUT2D eigenvalue weighted by atomic mass is 19.1. The molecule has 1 N–H and O–H groups in total. The number of carbonyl (C=O) groups is 2. The summed E-state index contributed by atoms with van der Waals surface area (Å²) < 4.78 is 47.8. The molecule has 0 aromatic heterocycles. The molecule has 1 fully saturated rings. The molecule has 0 radical (unpaired) electrons. The molecule has 2 unspecified atom stereocenters. The van der Waals surface area contributed by atoms with Gasteiger partial charge in [-0.3, -0.25) is 9.59 Å². The monoisotopic (exact) mass is 453 g/mol. The number of ether oxygens (including phenoxy) is 1. The first-order chi connectivity index (χ1) is 15.9. The molecule has 0 aliphatic carbocycles. The van der Waals surface area contributed by atoms with Gasteiger partial charge in [0.25, 0.3) is 0 Å². The largest absolute Gasteiger partial charge is 0.466 e. The molecular formula is C26H22F3NO3. The van der Waals surface area contributed by atoms with Crippen molar-refractivity contribution >= 4 is 11.9 Å². The van der Waals surface area contributed by atoms with Gasteiger partial charge in [0, 0.05) is 5.92 Å². The first kappa shape index (κ1) is 22.6. The molecular weight excluding hydrogens is 431 g/mol. The Bertz CT molecular complexity index is 1120. The number of hydrogen-bond donors (Lipinski definition) is 1. The van der Waals surface area contributed by atoms with Crippen molar-refractivity contribution in [1.82, 2.24) is 5.32 Å². The van der Waals surface area contributed by atoms with Gasteiger partial charge in [0.1, 0.15) is 17.5 Å². The van der Waals surface area contributed by atoms with Crippen LogP contribution in [-0.4, -0.2) is 18.5 Å². The lowest BCUT2D eigenvalue weighted by molar-refractivity contribution is -0.146. The summed E-state index contributed by atoms with van der Waals surface area (Å²) in [5, 5.41) is 2.95. The van der Waals surface area contributed by atoms with Crippen LogP contribution >= 0.6 is 0 Å². The van der Waals surface area contributed by atoms with Crippen molar-refractivity contribution < 1.29 is 27.5 Å². The Labute approximate surface area is 189 Å². The zero-order chi connectivity index (χ0) is 23.6. The molecule has 0 saturated carbocycles. The molecule has 1 saturated heterocycles. The molecule has 1 aliphatic rings. The second-order valence-electron chi connectivity index (χ2n) is 7.93. The maximum absolute atomic E-state index is 15.2. The van der Waals surface area contributed by atoms with E-state index in [1.807, 2.05) is 0 Å². The highest BCUT2D eigenvalue weighted by molar-refractivity contribution is 5.89. The van der Waals surface area contributed by atoms with Crippen molar-refractivity contribution in [3.8, 4) is 0 Å². The average molecular weight is 453 g/mol. The van der Waals surface area contributed by atoms with E-state index < -0.39 is 46.7 Å². The number of rotatable bonds is 6. The average Bonchev–Trinajstić information content (AvgIpc) is 3.08. The summed E-state index contributed by atoms with van der Waals surface area (Å²) in [6, 6.07) is 17.0. The van der Waals surface area contributed by atoms with Gasteiger partial charge >= 0.3 is 5.97 Å². The minimum absolute atomic E-state index is 0.138. The Morgan fingerprint density at radius 2 is 1.45 bits per heavy atom. The molecule has 33 heavy (non-hydrogen) atoms. The molecule has 1 heterocycles. The number of halogens is 3. The summed E-state index contributed by atoms with van der Waals surface area (Å²) in [4.78, 5) is 25.7. The van der Waals surface area contributed by atoms with Crippen molar-refractivity contribution in [2.24, 2.45) is 5.92 Å². The number of hydrogen-bond acceptors (Lipinski definition) is 3. The standard InChI is InChI=1S/C26H22F3NO3/c1-2-33-23(31)15-21-24(20-5-3-4-6-22(20)29)26(30-25(21)32,16-7-11-18(27)12-8-16)17-9-13-19(28)14-10-17/h3-14,21,24H,2,15H2,1H3,(H,30,32). The van der Waals surface area contributed by atoms with E-state index in [9.17, 15) is 18.4 Å². The summed E-state index contributed by atoms with van der Waals surface area (Å²) >= 11 is 0. The minimum Gasteiger partial charge on any atom is -0.466 e. The molecule has 7 heteroatoms. The van der Waals surface area contributed by atoms with Crippen molar-refractivity contribution in [1.29, 1.82) is 0 Å². The molecule has 170 valence electrons. The molecule has 1 aliphatic heterocycles. The zero-order valence-corrected chi connectivity index (χ0v) is 17.9. The van der Waals surface area contributed by atoms with E-state index >= 15 is 4.39 Å². The third-order valence-corrected chi connectivity index (χ3v) is 6.06. The fourth-order valence-electron chi connectivity index (χ4n) is 4.70. The fraction of sp³-hybridized carbons (Fsp3) is 0.231. The summed E-state index contributed by atoms with van der Waals surface area (Å²) in [5.41, 5.74) is -0.219. The Hall–Kier alpha value is -3.61. The van der Waals surface area contributed by atoms with E-state index in [4.69, 9.17) is 4.74 Å². The van der Waals surface area contributed by atoms with Crippen LogP contribution in [0.5, 0.6) is 0 Å². The van der Waals surface area contributed by atoms with Gasteiger partial charge in [0.15, 0.2) is 0 Å².